The fourth-order valence-electron chi connectivity index (χ4n) is 1.77. The predicted molar refractivity (Wildman–Crippen MR) is 58.8 cm³/mol. The predicted octanol–water partition coefficient (Wildman–Crippen LogP) is 3.27. The van der Waals surface area contributed by atoms with Gasteiger partial charge in [0.05, 0.1) is 7.11 Å². The second-order valence-corrected chi connectivity index (χ2v) is 3.59. The molecule has 0 unspecified atom stereocenters. The van der Waals surface area contributed by atoms with Gasteiger partial charge in [0.25, 0.3) is 0 Å². The van der Waals surface area contributed by atoms with Gasteiger partial charge in [-0.05, 0) is 24.6 Å². The van der Waals surface area contributed by atoms with Crippen LogP contribution in [0.25, 0.3) is 10.9 Å². The van der Waals surface area contributed by atoms with Crippen LogP contribution in [0.5, 0.6) is 5.75 Å². The summed E-state index contributed by atoms with van der Waals surface area (Å²) in [7, 11) is 1.48. The third-order valence-electron chi connectivity index (χ3n) is 2.50. The highest BCUT2D eigenvalue weighted by Gasteiger charge is 2.09. The standard InChI is InChI=1S/C12H14FNO/c1-3-4-8-7-9-10(14-8)5-6-11(15-2)12(9)13/h5-7,14H,3-4H2,1-2H3. The summed E-state index contributed by atoms with van der Waals surface area (Å²) in [4.78, 5) is 3.19. The maximum absolute atomic E-state index is 13.8. The molecule has 2 aromatic rings. The van der Waals surface area contributed by atoms with E-state index >= 15 is 0 Å². The number of halogens is 1. The Morgan fingerprint density at radius 1 is 1.40 bits per heavy atom. The molecule has 1 aromatic carbocycles. The number of fused-ring (bicyclic) bond motifs is 1. The Morgan fingerprint density at radius 2 is 2.20 bits per heavy atom. The minimum absolute atomic E-state index is 0.284. The van der Waals surface area contributed by atoms with Crippen molar-refractivity contribution in [1.82, 2.24) is 4.98 Å². The van der Waals surface area contributed by atoms with E-state index in [-0.39, 0.29) is 5.82 Å². The molecule has 0 atom stereocenters. The minimum Gasteiger partial charge on any atom is -0.494 e. The van der Waals surface area contributed by atoms with E-state index in [0.717, 1.165) is 24.1 Å². The van der Waals surface area contributed by atoms with Gasteiger partial charge < -0.3 is 9.72 Å². The van der Waals surface area contributed by atoms with E-state index in [1.807, 2.05) is 12.1 Å². The molecule has 0 saturated heterocycles. The highest BCUT2D eigenvalue weighted by molar-refractivity contribution is 5.82. The van der Waals surface area contributed by atoms with Crippen molar-refractivity contribution >= 4 is 10.9 Å². The van der Waals surface area contributed by atoms with Gasteiger partial charge in [0.15, 0.2) is 11.6 Å². The lowest BCUT2D eigenvalue weighted by atomic mass is 10.2. The normalized spacial score (nSPS) is 10.9. The second kappa shape index (κ2) is 3.93. The molecule has 2 rings (SSSR count). The Kier molecular flexibility index (Phi) is 2.62. The zero-order valence-corrected chi connectivity index (χ0v) is 8.93. The molecule has 1 heterocycles. The van der Waals surface area contributed by atoms with Crippen LogP contribution in [0.4, 0.5) is 4.39 Å². The fraction of sp³-hybridized carbons (Fsp3) is 0.333. The first-order valence-electron chi connectivity index (χ1n) is 5.10. The lowest BCUT2D eigenvalue weighted by Crippen LogP contribution is -1.87. The van der Waals surface area contributed by atoms with Crippen molar-refractivity contribution in [3.63, 3.8) is 0 Å². The van der Waals surface area contributed by atoms with Crippen molar-refractivity contribution in [2.45, 2.75) is 19.8 Å². The number of hydrogen-bond donors (Lipinski definition) is 1. The summed E-state index contributed by atoms with van der Waals surface area (Å²) in [5.74, 6) is 0.0122. The molecule has 15 heavy (non-hydrogen) atoms. The van der Waals surface area contributed by atoms with Crippen LogP contribution < -0.4 is 4.74 Å². The molecule has 0 aliphatic rings. The molecule has 0 spiro atoms. The molecule has 0 saturated carbocycles. The van der Waals surface area contributed by atoms with E-state index in [4.69, 9.17) is 4.74 Å². The Morgan fingerprint density at radius 3 is 2.87 bits per heavy atom. The van der Waals surface area contributed by atoms with Crippen LogP contribution in [0.1, 0.15) is 19.0 Å². The first kappa shape index (κ1) is 10.0. The van der Waals surface area contributed by atoms with E-state index in [1.165, 1.54) is 7.11 Å². The molecule has 0 fully saturated rings. The van der Waals surface area contributed by atoms with Gasteiger partial charge in [-0.2, -0.15) is 0 Å². The number of aromatic amines is 1. The van der Waals surface area contributed by atoms with Crippen LogP contribution in [0.15, 0.2) is 18.2 Å². The van der Waals surface area contributed by atoms with Crippen molar-refractivity contribution < 1.29 is 9.13 Å². The van der Waals surface area contributed by atoms with Crippen LogP contribution in [-0.2, 0) is 6.42 Å². The zero-order valence-electron chi connectivity index (χ0n) is 8.93. The number of rotatable bonds is 3. The molecular formula is C12H14FNO. The van der Waals surface area contributed by atoms with Crippen molar-refractivity contribution in [3.05, 3.63) is 29.7 Å². The molecule has 80 valence electrons. The summed E-state index contributed by atoms with van der Waals surface area (Å²) < 4.78 is 18.7. The molecule has 0 aliphatic carbocycles. The van der Waals surface area contributed by atoms with Crippen LogP contribution >= 0.6 is 0 Å². The minimum atomic E-state index is -0.284. The quantitative estimate of drug-likeness (QED) is 0.821. The highest BCUT2D eigenvalue weighted by Crippen LogP contribution is 2.26. The van der Waals surface area contributed by atoms with Crippen molar-refractivity contribution in [2.75, 3.05) is 7.11 Å². The molecule has 0 amide bonds. The van der Waals surface area contributed by atoms with Crippen molar-refractivity contribution in [2.24, 2.45) is 0 Å². The SMILES string of the molecule is CCCc1cc2c(F)c(OC)ccc2[nH]1. The number of nitrogens with one attached hydrogen (secondary N) is 1. The lowest BCUT2D eigenvalue weighted by molar-refractivity contribution is 0.389. The van der Waals surface area contributed by atoms with Gasteiger partial charge in [0.2, 0.25) is 0 Å². The smallest absolute Gasteiger partial charge is 0.174 e. The summed E-state index contributed by atoms with van der Waals surface area (Å²) >= 11 is 0. The van der Waals surface area contributed by atoms with Crippen LogP contribution in [0.3, 0.4) is 0 Å². The molecule has 0 aliphatic heterocycles. The Hall–Kier alpha value is -1.51. The van der Waals surface area contributed by atoms with Gasteiger partial charge in [0, 0.05) is 16.6 Å². The number of H-pyrrole nitrogens is 1. The van der Waals surface area contributed by atoms with E-state index in [0.29, 0.717) is 11.1 Å². The van der Waals surface area contributed by atoms with E-state index in [2.05, 4.69) is 11.9 Å². The summed E-state index contributed by atoms with van der Waals surface area (Å²) in [5.41, 5.74) is 1.90. The van der Waals surface area contributed by atoms with Crippen LogP contribution in [-0.4, -0.2) is 12.1 Å². The Balaban J connectivity index is 2.55. The molecule has 1 aromatic heterocycles. The number of hydrogen-bond acceptors (Lipinski definition) is 1. The molecule has 2 nitrogen and oxygen atoms in total. The van der Waals surface area contributed by atoms with E-state index in [9.17, 15) is 4.39 Å². The summed E-state index contributed by atoms with van der Waals surface area (Å²) in [6.45, 7) is 2.10. The topological polar surface area (TPSA) is 25.0 Å². The lowest BCUT2D eigenvalue weighted by Gasteiger charge is -2.00. The zero-order chi connectivity index (χ0) is 10.8. The monoisotopic (exact) mass is 207 g/mol. The Bertz CT molecular complexity index is 476. The van der Waals surface area contributed by atoms with Gasteiger partial charge >= 0.3 is 0 Å². The van der Waals surface area contributed by atoms with Gasteiger partial charge in [0.1, 0.15) is 0 Å². The first-order valence-corrected chi connectivity index (χ1v) is 5.10. The average molecular weight is 207 g/mol. The van der Waals surface area contributed by atoms with Gasteiger partial charge in [-0.3, -0.25) is 0 Å². The largest absolute Gasteiger partial charge is 0.494 e. The fourth-order valence-corrected chi connectivity index (χ4v) is 1.77. The van der Waals surface area contributed by atoms with Crippen LogP contribution in [0.2, 0.25) is 0 Å². The Labute approximate surface area is 88.1 Å². The molecular weight excluding hydrogens is 193 g/mol. The van der Waals surface area contributed by atoms with Gasteiger partial charge in [-0.25, -0.2) is 4.39 Å². The van der Waals surface area contributed by atoms with Gasteiger partial charge in [-0.1, -0.05) is 13.3 Å². The van der Waals surface area contributed by atoms with Crippen molar-refractivity contribution in [3.8, 4) is 5.75 Å². The molecule has 1 N–H and O–H groups in total. The van der Waals surface area contributed by atoms with Crippen LogP contribution in [0, 0.1) is 5.82 Å². The third-order valence-corrected chi connectivity index (χ3v) is 2.50. The summed E-state index contributed by atoms with van der Waals surface area (Å²) in [6, 6.07) is 5.34. The second-order valence-electron chi connectivity index (χ2n) is 3.59. The molecule has 3 heteroatoms. The molecule has 0 radical (unpaired) electrons. The van der Waals surface area contributed by atoms with E-state index in [1.54, 1.807) is 6.07 Å². The maximum Gasteiger partial charge on any atom is 0.174 e. The number of aryl methyl sites for hydroxylation is 1. The van der Waals surface area contributed by atoms with Gasteiger partial charge in [-0.15, -0.1) is 0 Å². The molecule has 0 bridgehead atoms. The third kappa shape index (κ3) is 1.69. The summed E-state index contributed by atoms with van der Waals surface area (Å²) in [6.07, 6.45) is 1.99. The first-order chi connectivity index (χ1) is 7.26. The number of ether oxygens (including phenoxy) is 1. The number of benzene rings is 1. The summed E-state index contributed by atoms with van der Waals surface area (Å²) in [5, 5.41) is 0.609. The maximum atomic E-state index is 13.8. The average Bonchev–Trinajstić information content (AvgIpc) is 2.63. The van der Waals surface area contributed by atoms with E-state index < -0.39 is 0 Å². The van der Waals surface area contributed by atoms with Crippen molar-refractivity contribution in [1.29, 1.82) is 0 Å². The highest BCUT2D eigenvalue weighted by atomic mass is 19.1. The number of methoxy groups -OCH3 is 1. The number of aromatic nitrogens is 1.